The van der Waals surface area contributed by atoms with E-state index in [9.17, 15) is 4.79 Å². The van der Waals surface area contributed by atoms with Crippen molar-refractivity contribution in [3.8, 4) is 0 Å². The smallest absolute Gasteiger partial charge is 0.226 e. The van der Waals surface area contributed by atoms with E-state index < -0.39 is 0 Å². The first-order valence-electron chi connectivity index (χ1n) is 6.92. The van der Waals surface area contributed by atoms with E-state index in [4.69, 9.17) is 0 Å². The lowest BCUT2D eigenvalue weighted by Gasteiger charge is -2.08. The molecule has 4 heteroatoms. The minimum Gasteiger partial charge on any atom is -0.356 e. The van der Waals surface area contributed by atoms with Gasteiger partial charge in [-0.05, 0) is 25.7 Å². The van der Waals surface area contributed by atoms with Gasteiger partial charge in [-0.15, -0.1) is 11.3 Å². The lowest BCUT2D eigenvalue weighted by molar-refractivity contribution is -0.120. The third-order valence-electron chi connectivity index (χ3n) is 3.59. The van der Waals surface area contributed by atoms with E-state index in [1.54, 1.807) is 11.3 Å². The molecule has 1 heterocycles. The molecular formula is C14H22N2OS. The number of carbonyl (C=O) groups excluding carboxylic acids is 1. The molecule has 0 unspecified atom stereocenters. The highest BCUT2D eigenvalue weighted by Gasteiger charge is 2.14. The fourth-order valence-electron chi connectivity index (χ4n) is 2.63. The SMILES string of the molecule is Cc1nc(CC(=O)NCCCC2CCCC2)cs1. The van der Waals surface area contributed by atoms with Gasteiger partial charge < -0.3 is 5.32 Å². The first-order valence-corrected chi connectivity index (χ1v) is 7.79. The third-order valence-corrected chi connectivity index (χ3v) is 4.42. The van der Waals surface area contributed by atoms with Gasteiger partial charge in [0.15, 0.2) is 0 Å². The summed E-state index contributed by atoms with van der Waals surface area (Å²) in [6.07, 6.45) is 8.41. The van der Waals surface area contributed by atoms with Gasteiger partial charge in [0.05, 0.1) is 17.1 Å². The predicted octanol–water partition coefficient (Wildman–Crippen LogP) is 3.08. The maximum atomic E-state index is 11.7. The number of thiazole rings is 1. The van der Waals surface area contributed by atoms with Crippen LogP contribution in [0.4, 0.5) is 0 Å². The maximum absolute atomic E-state index is 11.7. The van der Waals surface area contributed by atoms with Gasteiger partial charge in [0.25, 0.3) is 0 Å². The van der Waals surface area contributed by atoms with Crippen molar-refractivity contribution in [2.45, 2.75) is 51.9 Å². The summed E-state index contributed by atoms with van der Waals surface area (Å²) in [5.41, 5.74) is 0.894. The van der Waals surface area contributed by atoms with Crippen molar-refractivity contribution >= 4 is 17.2 Å². The number of hydrogen-bond donors (Lipinski definition) is 1. The van der Waals surface area contributed by atoms with Crippen LogP contribution in [0.5, 0.6) is 0 Å². The molecule has 0 atom stereocenters. The van der Waals surface area contributed by atoms with Gasteiger partial charge in [0.1, 0.15) is 0 Å². The van der Waals surface area contributed by atoms with Crippen molar-refractivity contribution in [2.24, 2.45) is 5.92 Å². The molecule has 0 bridgehead atoms. The zero-order valence-electron chi connectivity index (χ0n) is 11.1. The lowest BCUT2D eigenvalue weighted by Crippen LogP contribution is -2.26. The number of rotatable bonds is 6. The Bertz CT molecular complexity index is 383. The van der Waals surface area contributed by atoms with E-state index in [-0.39, 0.29) is 5.91 Å². The minimum atomic E-state index is 0.103. The molecule has 1 aliphatic carbocycles. The van der Waals surface area contributed by atoms with E-state index >= 15 is 0 Å². The molecule has 1 N–H and O–H groups in total. The number of nitrogens with one attached hydrogen (secondary N) is 1. The molecule has 0 saturated heterocycles. The molecular weight excluding hydrogens is 244 g/mol. The summed E-state index contributed by atoms with van der Waals surface area (Å²) in [5.74, 6) is 1.02. The Morgan fingerprint density at radius 1 is 1.50 bits per heavy atom. The number of nitrogens with zero attached hydrogens (tertiary/aromatic N) is 1. The van der Waals surface area contributed by atoms with E-state index in [0.29, 0.717) is 6.42 Å². The van der Waals surface area contributed by atoms with Crippen LogP contribution in [0.25, 0.3) is 0 Å². The first-order chi connectivity index (χ1) is 8.74. The van der Waals surface area contributed by atoms with Gasteiger partial charge >= 0.3 is 0 Å². The maximum Gasteiger partial charge on any atom is 0.226 e. The summed E-state index contributed by atoms with van der Waals surface area (Å²) in [5, 5.41) is 5.98. The standard InChI is InChI=1S/C14H22N2OS/c1-11-16-13(10-18-11)9-14(17)15-8-4-7-12-5-2-3-6-12/h10,12H,2-9H2,1H3,(H,15,17). The normalized spacial score (nSPS) is 16.1. The Morgan fingerprint density at radius 3 is 2.94 bits per heavy atom. The number of hydrogen-bond acceptors (Lipinski definition) is 3. The Balaban J connectivity index is 1.57. The highest BCUT2D eigenvalue weighted by atomic mass is 32.1. The zero-order valence-corrected chi connectivity index (χ0v) is 11.9. The van der Waals surface area contributed by atoms with Crippen LogP contribution in [0.3, 0.4) is 0 Å². The number of carbonyl (C=O) groups is 1. The van der Waals surface area contributed by atoms with Gasteiger partial charge in [-0.3, -0.25) is 4.79 Å². The molecule has 1 aromatic heterocycles. The van der Waals surface area contributed by atoms with Crippen LogP contribution in [-0.4, -0.2) is 17.4 Å². The van der Waals surface area contributed by atoms with Crippen molar-refractivity contribution in [3.63, 3.8) is 0 Å². The van der Waals surface area contributed by atoms with Crippen LogP contribution in [0.15, 0.2) is 5.38 Å². The quantitative estimate of drug-likeness (QED) is 0.804. The zero-order chi connectivity index (χ0) is 12.8. The molecule has 0 radical (unpaired) electrons. The summed E-state index contributed by atoms with van der Waals surface area (Å²) in [4.78, 5) is 16.0. The molecule has 1 saturated carbocycles. The average molecular weight is 266 g/mol. The highest BCUT2D eigenvalue weighted by molar-refractivity contribution is 7.09. The second kappa shape index (κ2) is 6.88. The second-order valence-corrected chi connectivity index (χ2v) is 6.24. The van der Waals surface area contributed by atoms with Gasteiger partial charge in [-0.1, -0.05) is 25.7 Å². The molecule has 1 aliphatic rings. The molecule has 0 aliphatic heterocycles. The highest BCUT2D eigenvalue weighted by Crippen LogP contribution is 2.28. The summed E-state index contributed by atoms with van der Waals surface area (Å²) in [6, 6.07) is 0. The van der Waals surface area contributed by atoms with Crippen molar-refractivity contribution < 1.29 is 4.79 Å². The molecule has 0 aromatic carbocycles. The number of aromatic nitrogens is 1. The fourth-order valence-corrected chi connectivity index (χ4v) is 3.25. The van der Waals surface area contributed by atoms with Gasteiger partial charge in [0.2, 0.25) is 5.91 Å². The topological polar surface area (TPSA) is 42.0 Å². The van der Waals surface area contributed by atoms with Crippen molar-refractivity contribution in [2.75, 3.05) is 6.54 Å². The molecule has 1 aromatic rings. The van der Waals surface area contributed by atoms with Gasteiger partial charge in [-0.2, -0.15) is 0 Å². The van der Waals surface area contributed by atoms with Crippen LogP contribution in [0, 0.1) is 12.8 Å². The Hall–Kier alpha value is -0.900. The second-order valence-electron chi connectivity index (χ2n) is 5.18. The van der Waals surface area contributed by atoms with Crippen molar-refractivity contribution in [3.05, 3.63) is 16.1 Å². The average Bonchev–Trinajstić information content (AvgIpc) is 2.96. The fraction of sp³-hybridized carbons (Fsp3) is 0.714. The van der Waals surface area contributed by atoms with Crippen molar-refractivity contribution in [1.29, 1.82) is 0 Å². The Morgan fingerprint density at radius 2 is 2.28 bits per heavy atom. The molecule has 2 rings (SSSR count). The molecule has 18 heavy (non-hydrogen) atoms. The van der Waals surface area contributed by atoms with Crippen LogP contribution < -0.4 is 5.32 Å². The summed E-state index contributed by atoms with van der Waals surface area (Å²) < 4.78 is 0. The molecule has 100 valence electrons. The number of amides is 1. The van der Waals surface area contributed by atoms with E-state index in [1.807, 2.05) is 12.3 Å². The Kier molecular flexibility index (Phi) is 5.17. The molecule has 1 amide bonds. The van der Waals surface area contributed by atoms with Crippen molar-refractivity contribution in [1.82, 2.24) is 10.3 Å². The largest absolute Gasteiger partial charge is 0.356 e. The number of aryl methyl sites for hydroxylation is 1. The van der Waals surface area contributed by atoms with E-state index in [0.717, 1.165) is 29.6 Å². The molecule has 3 nitrogen and oxygen atoms in total. The molecule has 0 spiro atoms. The van der Waals surface area contributed by atoms with Crippen LogP contribution in [-0.2, 0) is 11.2 Å². The van der Waals surface area contributed by atoms with Crippen LogP contribution in [0.2, 0.25) is 0 Å². The first kappa shape index (κ1) is 13.5. The monoisotopic (exact) mass is 266 g/mol. The van der Waals surface area contributed by atoms with E-state index in [2.05, 4.69) is 10.3 Å². The summed E-state index contributed by atoms with van der Waals surface area (Å²) >= 11 is 1.60. The van der Waals surface area contributed by atoms with Gasteiger partial charge in [0, 0.05) is 11.9 Å². The summed E-state index contributed by atoms with van der Waals surface area (Å²) in [7, 11) is 0. The van der Waals surface area contributed by atoms with Gasteiger partial charge in [-0.25, -0.2) is 4.98 Å². The summed E-state index contributed by atoms with van der Waals surface area (Å²) in [6.45, 7) is 2.78. The Labute approximate surface area is 113 Å². The van der Waals surface area contributed by atoms with Crippen LogP contribution >= 0.6 is 11.3 Å². The minimum absolute atomic E-state index is 0.103. The van der Waals surface area contributed by atoms with Crippen LogP contribution in [0.1, 0.15) is 49.2 Å². The predicted molar refractivity (Wildman–Crippen MR) is 74.8 cm³/mol. The lowest BCUT2D eigenvalue weighted by atomic mass is 10.0. The molecule has 1 fully saturated rings. The van der Waals surface area contributed by atoms with E-state index in [1.165, 1.54) is 32.1 Å². The third kappa shape index (κ3) is 4.41.